The molecule has 0 bridgehead atoms. The van der Waals surface area contributed by atoms with E-state index in [2.05, 4.69) is 4.72 Å². The highest BCUT2D eigenvalue weighted by molar-refractivity contribution is 7.89. The standard InChI is InChI=1S/C18H26N2O3S/c1-14-12-16(20-11-5-8-18(20)21)9-10-17(14)24(22,23)19-13-15-6-3-2-4-7-15/h9-10,12,15,19H,2-8,11,13H2,1H3. The summed E-state index contributed by atoms with van der Waals surface area (Å²) in [4.78, 5) is 13.9. The van der Waals surface area contributed by atoms with Gasteiger partial charge in [-0.15, -0.1) is 0 Å². The van der Waals surface area contributed by atoms with Gasteiger partial charge in [0.25, 0.3) is 0 Å². The normalized spacial score (nSPS) is 19.9. The first kappa shape index (κ1) is 17.4. The van der Waals surface area contributed by atoms with Crippen LogP contribution < -0.4 is 9.62 Å². The van der Waals surface area contributed by atoms with Crippen molar-refractivity contribution >= 4 is 21.6 Å². The molecule has 2 aliphatic rings. The molecule has 0 aromatic heterocycles. The van der Waals surface area contributed by atoms with E-state index in [9.17, 15) is 13.2 Å². The predicted octanol–water partition coefficient (Wildman–Crippen LogP) is 2.98. The molecule has 2 fully saturated rings. The molecule has 1 aliphatic carbocycles. The summed E-state index contributed by atoms with van der Waals surface area (Å²) in [6.45, 7) is 3.03. The molecule has 1 amide bonds. The fourth-order valence-electron chi connectivity index (χ4n) is 3.72. The number of anilines is 1. The van der Waals surface area contributed by atoms with Gasteiger partial charge in [0.2, 0.25) is 15.9 Å². The number of benzene rings is 1. The van der Waals surface area contributed by atoms with E-state index in [-0.39, 0.29) is 5.91 Å². The number of rotatable bonds is 5. The maximum absolute atomic E-state index is 12.6. The van der Waals surface area contributed by atoms with Crippen LogP contribution in [0.4, 0.5) is 5.69 Å². The molecular formula is C18H26N2O3S. The summed E-state index contributed by atoms with van der Waals surface area (Å²) in [5.41, 5.74) is 1.48. The molecule has 1 saturated heterocycles. The summed E-state index contributed by atoms with van der Waals surface area (Å²) in [5, 5.41) is 0. The molecular weight excluding hydrogens is 324 g/mol. The Kier molecular flexibility index (Phi) is 5.25. The van der Waals surface area contributed by atoms with Gasteiger partial charge >= 0.3 is 0 Å². The summed E-state index contributed by atoms with van der Waals surface area (Å²) in [5.74, 6) is 0.566. The van der Waals surface area contributed by atoms with Gasteiger partial charge in [-0.2, -0.15) is 0 Å². The van der Waals surface area contributed by atoms with Crippen molar-refractivity contribution in [3.63, 3.8) is 0 Å². The van der Waals surface area contributed by atoms with Gasteiger partial charge < -0.3 is 4.90 Å². The lowest BCUT2D eigenvalue weighted by Crippen LogP contribution is -2.31. The van der Waals surface area contributed by atoms with Gasteiger partial charge in [-0.05, 0) is 55.9 Å². The molecule has 1 aromatic carbocycles. The molecule has 0 unspecified atom stereocenters. The molecule has 24 heavy (non-hydrogen) atoms. The molecule has 1 aliphatic heterocycles. The molecule has 1 saturated carbocycles. The Morgan fingerprint density at radius 3 is 2.54 bits per heavy atom. The van der Waals surface area contributed by atoms with Gasteiger partial charge in [-0.25, -0.2) is 13.1 Å². The third-order valence-corrected chi connectivity index (χ3v) is 6.70. The van der Waals surface area contributed by atoms with E-state index < -0.39 is 10.0 Å². The SMILES string of the molecule is Cc1cc(N2CCCC2=O)ccc1S(=O)(=O)NCC1CCCCC1. The van der Waals surface area contributed by atoms with Crippen LogP contribution in [0.5, 0.6) is 0 Å². The average molecular weight is 350 g/mol. The lowest BCUT2D eigenvalue weighted by atomic mass is 9.90. The van der Waals surface area contributed by atoms with Crippen LogP contribution in [-0.2, 0) is 14.8 Å². The molecule has 1 heterocycles. The average Bonchev–Trinajstić information content (AvgIpc) is 3.00. The van der Waals surface area contributed by atoms with Crippen LogP contribution in [0.2, 0.25) is 0 Å². The number of amides is 1. The number of nitrogens with one attached hydrogen (secondary N) is 1. The molecule has 1 N–H and O–H groups in total. The second kappa shape index (κ2) is 7.23. The fourth-order valence-corrected chi connectivity index (χ4v) is 5.06. The fraction of sp³-hybridized carbons (Fsp3) is 0.611. The Labute approximate surface area is 144 Å². The van der Waals surface area contributed by atoms with E-state index in [1.165, 1.54) is 19.3 Å². The monoisotopic (exact) mass is 350 g/mol. The van der Waals surface area contributed by atoms with Crippen LogP contribution in [0.3, 0.4) is 0 Å². The Balaban J connectivity index is 1.71. The van der Waals surface area contributed by atoms with E-state index in [4.69, 9.17) is 0 Å². The first-order valence-corrected chi connectivity index (χ1v) is 10.4. The Hall–Kier alpha value is -1.40. The maximum Gasteiger partial charge on any atom is 0.240 e. The summed E-state index contributed by atoms with van der Waals surface area (Å²) < 4.78 is 28.0. The summed E-state index contributed by atoms with van der Waals surface area (Å²) in [6.07, 6.45) is 7.31. The van der Waals surface area contributed by atoms with Crippen LogP contribution in [0.25, 0.3) is 0 Å². The van der Waals surface area contributed by atoms with Gasteiger partial charge in [0, 0.05) is 25.2 Å². The quantitative estimate of drug-likeness (QED) is 0.888. The minimum Gasteiger partial charge on any atom is -0.312 e. The topological polar surface area (TPSA) is 66.5 Å². The van der Waals surface area contributed by atoms with Crippen molar-refractivity contribution in [2.75, 3.05) is 18.0 Å². The first-order chi connectivity index (χ1) is 11.5. The largest absolute Gasteiger partial charge is 0.312 e. The van der Waals surface area contributed by atoms with Crippen molar-refractivity contribution < 1.29 is 13.2 Å². The lowest BCUT2D eigenvalue weighted by molar-refractivity contribution is -0.117. The van der Waals surface area contributed by atoms with E-state index in [0.29, 0.717) is 35.9 Å². The molecule has 1 aromatic rings. The highest BCUT2D eigenvalue weighted by atomic mass is 32.2. The lowest BCUT2D eigenvalue weighted by Gasteiger charge is -2.22. The summed E-state index contributed by atoms with van der Waals surface area (Å²) in [7, 11) is -3.50. The Bertz CT molecular complexity index is 709. The van der Waals surface area contributed by atoms with Crippen molar-refractivity contribution in [1.29, 1.82) is 0 Å². The van der Waals surface area contributed by atoms with Crippen molar-refractivity contribution in [2.45, 2.75) is 56.8 Å². The molecule has 5 nitrogen and oxygen atoms in total. The first-order valence-electron chi connectivity index (χ1n) is 8.88. The second-order valence-corrected chi connectivity index (χ2v) is 8.69. The van der Waals surface area contributed by atoms with Crippen molar-refractivity contribution in [1.82, 2.24) is 4.72 Å². The van der Waals surface area contributed by atoms with Gasteiger partial charge in [-0.3, -0.25) is 4.79 Å². The van der Waals surface area contributed by atoms with E-state index in [1.807, 2.05) is 0 Å². The highest BCUT2D eigenvalue weighted by Gasteiger charge is 2.24. The molecule has 132 valence electrons. The number of carbonyl (C=O) groups excluding carboxylic acids is 1. The third kappa shape index (κ3) is 3.81. The number of hydrogen-bond acceptors (Lipinski definition) is 3. The minimum absolute atomic E-state index is 0.112. The zero-order valence-corrected chi connectivity index (χ0v) is 15.1. The Morgan fingerprint density at radius 2 is 1.92 bits per heavy atom. The van der Waals surface area contributed by atoms with E-state index >= 15 is 0 Å². The van der Waals surface area contributed by atoms with Crippen LogP contribution in [0.15, 0.2) is 23.1 Å². The maximum atomic E-state index is 12.6. The summed E-state index contributed by atoms with van der Waals surface area (Å²) >= 11 is 0. The van der Waals surface area contributed by atoms with Crippen LogP contribution in [-0.4, -0.2) is 27.4 Å². The number of carbonyl (C=O) groups is 1. The van der Waals surface area contributed by atoms with E-state index in [0.717, 1.165) is 24.9 Å². The van der Waals surface area contributed by atoms with Crippen LogP contribution in [0.1, 0.15) is 50.5 Å². The van der Waals surface area contributed by atoms with Crippen molar-refractivity contribution in [3.05, 3.63) is 23.8 Å². The Morgan fingerprint density at radius 1 is 1.17 bits per heavy atom. The molecule has 0 spiro atoms. The zero-order chi connectivity index (χ0) is 17.2. The third-order valence-electron chi connectivity index (χ3n) is 5.12. The molecule has 3 rings (SSSR count). The van der Waals surface area contributed by atoms with Crippen molar-refractivity contribution in [3.8, 4) is 0 Å². The number of aryl methyl sites for hydroxylation is 1. The van der Waals surface area contributed by atoms with Gasteiger partial charge in [0.05, 0.1) is 4.90 Å². The number of sulfonamides is 1. The van der Waals surface area contributed by atoms with E-state index in [1.54, 1.807) is 30.0 Å². The number of nitrogens with zero attached hydrogens (tertiary/aromatic N) is 1. The van der Waals surface area contributed by atoms with Gasteiger partial charge in [0.1, 0.15) is 0 Å². The highest BCUT2D eigenvalue weighted by Crippen LogP contribution is 2.27. The minimum atomic E-state index is -3.50. The smallest absolute Gasteiger partial charge is 0.240 e. The van der Waals surface area contributed by atoms with Crippen LogP contribution in [0, 0.1) is 12.8 Å². The summed E-state index contributed by atoms with van der Waals surface area (Å²) in [6, 6.07) is 5.17. The zero-order valence-electron chi connectivity index (χ0n) is 14.3. The van der Waals surface area contributed by atoms with Crippen molar-refractivity contribution in [2.24, 2.45) is 5.92 Å². The number of hydrogen-bond donors (Lipinski definition) is 1. The molecule has 6 heteroatoms. The van der Waals surface area contributed by atoms with Gasteiger partial charge in [0.15, 0.2) is 0 Å². The van der Waals surface area contributed by atoms with Crippen LogP contribution >= 0.6 is 0 Å². The molecule has 0 atom stereocenters. The predicted molar refractivity (Wildman–Crippen MR) is 94.5 cm³/mol. The second-order valence-electron chi connectivity index (χ2n) is 6.95. The molecule has 0 radical (unpaired) electrons. The van der Waals surface area contributed by atoms with Gasteiger partial charge in [-0.1, -0.05) is 19.3 Å².